The Kier molecular flexibility index (Phi) is 4.65. The summed E-state index contributed by atoms with van der Waals surface area (Å²) in [6, 6.07) is 0. The second-order valence-corrected chi connectivity index (χ2v) is 5.01. The Hall–Kier alpha value is -1.98. The third-order valence-electron chi connectivity index (χ3n) is 3.44. The maximum atomic E-state index is 11.8. The van der Waals surface area contributed by atoms with Gasteiger partial charge in [0.05, 0.1) is 11.3 Å². The first-order chi connectivity index (χ1) is 9.58. The topological polar surface area (TPSA) is 75.2 Å². The highest BCUT2D eigenvalue weighted by molar-refractivity contribution is 5.94. The SMILES string of the molecule is CC(=O)c1cnc(NCCC(=O)N2CCCC2)nc1C. The minimum atomic E-state index is -0.0433. The lowest BCUT2D eigenvalue weighted by Crippen LogP contribution is -2.29. The predicted molar refractivity (Wildman–Crippen MR) is 75.7 cm³/mol. The van der Waals surface area contributed by atoms with Crippen molar-refractivity contribution in [2.24, 2.45) is 0 Å². The highest BCUT2D eigenvalue weighted by atomic mass is 16.2. The van der Waals surface area contributed by atoms with Crippen molar-refractivity contribution in [3.63, 3.8) is 0 Å². The molecule has 1 aromatic rings. The first-order valence-electron chi connectivity index (χ1n) is 6.94. The number of carbonyl (C=O) groups is 2. The van der Waals surface area contributed by atoms with Crippen LogP contribution in [-0.4, -0.2) is 46.2 Å². The zero-order valence-corrected chi connectivity index (χ0v) is 12.0. The zero-order valence-electron chi connectivity index (χ0n) is 12.0. The molecule has 0 spiro atoms. The van der Waals surface area contributed by atoms with Gasteiger partial charge in [-0.1, -0.05) is 0 Å². The molecule has 0 saturated carbocycles. The number of Topliss-reactive ketones (excluding diaryl/α,β-unsaturated/α-hetero) is 1. The number of hydrogen-bond acceptors (Lipinski definition) is 5. The monoisotopic (exact) mass is 276 g/mol. The second-order valence-electron chi connectivity index (χ2n) is 5.01. The third-order valence-corrected chi connectivity index (χ3v) is 3.44. The molecule has 0 aromatic carbocycles. The van der Waals surface area contributed by atoms with E-state index in [2.05, 4.69) is 15.3 Å². The smallest absolute Gasteiger partial charge is 0.224 e. The van der Waals surface area contributed by atoms with E-state index in [0.29, 0.717) is 30.2 Å². The minimum absolute atomic E-state index is 0.0433. The van der Waals surface area contributed by atoms with Crippen molar-refractivity contribution in [2.45, 2.75) is 33.1 Å². The van der Waals surface area contributed by atoms with Crippen molar-refractivity contribution in [1.29, 1.82) is 0 Å². The van der Waals surface area contributed by atoms with E-state index in [1.165, 1.54) is 13.1 Å². The molecule has 0 unspecified atom stereocenters. The molecule has 0 atom stereocenters. The van der Waals surface area contributed by atoms with Crippen molar-refractivity contribution in [1.82, 2.24) is 14.9 Å². The number of rotatable bonds is 5. The van der Waals surface area contributed by atoms with E-state index in [-0.39, 0.29) is 11.7 Å². The van der Waals surface area contributed by atoms with Gasteiger partial charge in [-0.2, -0.15) is 0 Å². The van der Waals surface area contributed by atoms with Crippen LogP contribution in [0.1, 0.15) is 42.2 Å². The van der Waals surface area contributed by atoms with Crippen LogP contribution in [0, 0.1) is 6.92 Å². The van der Waals surface area contributed by atoms with E-state index in [0.717, 1.165) is 25.9 Å². The Balaban J connectivity index is 1.83. The highest BCUT2D eigenvalue weighted by Crippen LogP contribution is 2.10. The maximum Gasteiger partial charge on any atom is 0.224 e. The van der Waals surface area contributed by atoms with E-state index in [4.69, 9.17) is 0 Å². The predicted octanol–water partition coefficient (Wildman–Crippen LogP) is 1.41. The van der Waals surface area contributed by atoms with Crippen molar-refractivity contribution >= 4 is 17.6 Å². The maximum absolute atomic E-state index is 11.8. The third kappa shape index (κ3) is 3.53. The molecule has 1 amide bonds. The van der Waals surface area contributed by atoms with Gasteiger partial charge in [0.25, 0.3) is 0 Å². The van der Waals surface area contributed by atoms with Crippen LogP contribution in [0.15, 0.2) is 6.20 Å². The molecular formula is C14H20N4O2. The second kappa shape index (κ2) is 6.45. The lowest BCUT2D eigenvalue weighted by molar-refractivity contribution is -0.129. The number of nitrogens with zero attached hydrogens (tertiary/aromatic N) is 3. The Morgan fingerprint density at radius 3 is 2.65 bits per heavy atom. The van der Waals surface area contributed by atoms with Gasteiger partial charge in [-0.25, -0.2) is 9.97 Å². The molecule has 1 aliphatic rings. The molecule has 108 valence electrons. The molecule has 2 rings (SSSR count). The first-order valence-corrected chi connectivity index (χ1v) is 6.94. The van der Waals surface area contributed by atoms with Gasteiger partial charge in [-0.15, -0.1) is 0 Å². The van der Waals surface area contributed by atoms with E-state index >= 15 is 0 Å². The van der Waals surface area contributed by atoms with Crippen LogP contribution in [0.5, 0.6) is 0 Å². The Labute approximate surface area is 118 Å². The van der Waals surface area contributed by atoms with Crippen molar-refractivity contribution in [2.75, 3.05) is 25.0 Å². The number of aryl methyl sites for hydroxylation is 1. The van der Waals surface area contributed by atoms with Gasteiger partial charge in [0.2, 0.25) is 11.9 Å². The van der Waals surface area contributed by atoms with E-state index in [1.54, 1.807) is 6.92 Å². The molecule has 6 heteroatoms. The van der Waals surface area contributed by atoms with Crippen LogP contribution in [0.25, 0.3) is 0 Å². The number of aromatic nitrogens is 2. The van der Waals surface area contributed by atoms with Crippen molar-refractivity contribution in [3.05, 3.63) is 17.5 Å². The van der Waals surface area contributed by atoms with Gasteiger partial charge in [-0.3, -0.25) is 9.59 Å². The number of likely N-dealkylation sites (tertiary alicyclic amines) is 1. The summed E-state index contributed by atoms with van der Waals surface area (Å²) in [6.45, 7) is 5.53. The highest BCUT2D eigenvalue weighted by Gasteiger charge is 2.17. The van der Waals surface area contributed by atoms with Crippen LogP contribution >= 0.6 is 0 Å². The largest absolute Gasteiger partial charge is 0.354 e. The molecule has 1 aromatic heterocycles. The fourth-order valence-electron chi connectivity index (χ4n) is 2.30. The fourth-order valence-corrected chi connectivity index (χ4v) is 2.30. The molecule has 0 radical (unpaired) electrons. The van der Waals surface area contributed by atoms with E-state index in [1.807, 2.05) is 4.90 Å². The van der Waals surface area contributed by atoms with Crippen molar-refractivity contribution < 1.29 is 9.59 Å². The summed E-state index contributed by atoms with van der Waals surface area (Å²) in [5.41, 5.74) is 1.18. The molecule has 0 bridgehead atoms. The molecule has 1 aliphatic heterocycles. The summed E-state index contributed by atoms with van der Waals surface area (Å²) in [5, 5.41) is 3.02. The van der Waals surface area contributed by atoms with E-state index in [9.17, 15) is 9.59 Å². The molecule has 0 aliphatic carbocycles. The Morgan fingerprint density at radius 1 is 1.35 bits per heavy atom. The molecule has 2 heterocycles. The summed E-state index contributed by atoms with van der Waals surface area (Å²) in [4.78, 5) is 33.3. The standard InChI is InChI=1S/C14H20N4O2/c1-10-12(11(2)19)9-16-14(17-10)15-6-5-13(20)18-7-3-4-8-18/h9H,3-8H2,1-2H3,(H,15,16,17). The first kappa shape index (κ1) is 14.4. The van der Waals surface area contributed by atoms with Gasteiger partial charge in [0.1, 0.15) is 0 Å². The average Bonchev–Trinajstić information content (AvgIpc) is 2.92. The number of anilines is 1. The quantitative estimate of drug-likeness (QED) is 0.823. The van der Waals surface area contributed by atoms with Gasteiger partial charge in [0.15, 0.2) is 5.78 Å². The number of nitrogens with one attached hydrogen (secondary N) is 1. The lowest BCUT2D eigenvalue weighted by atomic mass is 10.2. The summed E-state index contributed by atoms with van der Waals surface area (Å²) in [7, 11) is 0. The Bertz CT molecular complexity index is 510. The lowest BCUT2D eigenvalue weighted by Gasteiger charge is -2.15. The van der Waals surface area contributed by atoms with Gasteiger partial charge < -0.3 is 10.2 Å². The van der Waals surface area contributed by atoms with Gasteiger partial charge >= 0.3 is 0 Å². The van der Waals surface area contributed by atoms with Gasteiger partial charge in [0, 0.05) is 32.3 Å². The molecule has 1 saturated heterocycles. The number of amides is 1. The molecule has 20 heavy (non-hydrogen) atoms. The average molecular weight is 276 g/mol. The van der Waals surface area contributed by atoms with Crippen LogP contribution in [0.3, 0.4) is 0 Å². The molecule has 1 N–H and O–H groups in total. The van der Waals surface area contributed by atoms with E-state index < -0.39 is 0 Å². The molecule has 6 nitrogen and oxygen atoms in total. The number of carbonyl (C=O) groups excluding carboxylic acids is 2. The minimum Gasteiger partial charge on any atom is -0.354 e. The summed E-state index contributed by atoms with van der Waals surface area (Å²) in [6.07, 6.45) is 4.17. The van der Waals surface area contributed by atoms with Crippen LogP contribution in [0.2, 0.25) is 0 Å². The summed E-state index contributed by atoms with van der Waals surface area (Å²) < 4.78 is 0. The van der Waals surface area contributed by atoms with Crippen LogP contribution < -0.4 is 5.32 Å². The van der Waals surface area contributed by atoms with Crippen molar-refractivity contribution in [3.8, 4) is 0 Å². The number of ketones is 1. The van der Waals surface area contributed by atoms with Crippen LogP contribution in [0.4, 0.5) is 5.95 Å². The normalized spacial score (nSPS) is 14.4. The fraction of sp³-hybridized carbons (Fsp3) is 0.571. The zero-order chi connectivity index (χ0) is 14.5. The summed E-state index contributed by atoms with van der Waals surface area (Å²) in [5.74, 6) is 0.590. The van der Waals surface area contributed by atoms with Gasteiger partial charge in [-0.05, 0) is 26.7 Å². The Morgan fingerprint density at radius 2 is 2.05 bits per heavy atom. The molecular weight excluding hydrogens is 256 g/mol. The number of hydrogen-bond donors (Lipinski definition) is 1. The molecule has 1 fully saturated rings. The van der Waals surface area contributed by atoms with Crippen LogP contribution in [-0.2, 0) is 4.79 Å². The summed E-state index contributed by atoms with van der Waals surface area (Å²) >= 11 is 0.